The van der Waals surface area contributed by atoms with E-state index in [9.17, 15) is 9.59 Å². The highest BCUT2D eigenvalue weighted by atomic mass is 16.6. The number of imide groups is 1. The fourth-order valence-electron chi connectivity index (χ4n) is 2.24. The number of methoxy groups -OCH3 is 1. The van der Waals surface area contributed by atoms with Crippen LogP contribution in [-0.4, -0.2) is 35.7 Å². The SMILES string of the molecule is COc1ccc(CC2CC(=O)N2C(=O)OC(C)(C)C)cc1. The van der Waals surface area contributed by atoms with Crippen LogP contribution in [0.4, 0.5) is 4.79 Å². The first kappa shape index (κ1) is 15.4. The molecule has 114 valence electrons. The van der Waals surface area contributed by atoms with E-state index in [0.717, 1.165) is 11.3 Å². The van der Waals surface area contributed by atoms with Crippen LogP contribution in [0.1, 0.15) is 32.8 Å². The van der Waals surface area contributed by atoms with Gasteiger partial charge in [0, 0.05) is 6.42 Å². The number of carbonyl (C=O) groups is 2. The fraction of sp³-hybridized carbons (Fsp3) is 0.500. The minimum atomic E-state index is -0.600. The average Bonchev–Trinajstić information content (AvgIpc) is 2.36. The van der Waals surface area contributed by atoms with Gasteiger partial charge >= 0.3 is 6.09 Å². The van der Waals surface area contributed by atoms with Gasteiger partial charge in [0.05, 0.1) is 13.2 Å². The Morgan fingerprint density at radius 1 is 1.29 bits per heavy atom. The lowest BCUT2D eigenvalue weighted by molar-refractivity contribution is -0.143. The van der Waals surface area contributed by atoms with E-state index in [1.54, 1.807) is 27.9 Å². The molecule has 2 rings (SSSR count). The second-order valence-electron chi connectivity index (χ2n) is 6.15. The highest BCUT2D eigenvalue weighted by Gasteiger charge is 2.42. The maximum atomic E-state index is 12.0. The Kier molecular flexibility index (Phi) is 4.21. The second-order valence-corrected chi connectivity index (χ2v) is 6.15. The van der Waals surface area contributed by atoms with Crippen LogP contribution >= 0.6 is 0 Å². The first-order valence-electron chi connectivity index (χ1n) is 6.98. The van der Waals surface area contributed by atoms with Crippen LogP contribution in [0.25, 0.3) is 0 Å². The minimum absolute atomic E-state index is 0.124. The molecule has 1 aliphatic heterocycles. The molecule has 1 aromatic carbocycles. The van der Waals surface area contributed by atoms with Gasteiger partial charge in [0.15, 0.2) is 0 Å². The summed E-state index contributed by atoms with van der Waals surface area (Å²) < 4.78 is 10.4. The molecule has 0 bridgehead atoms. The van der Waals surface area contributed by atoms with E-state index < -0.39 is 11.7 Å². The summed E-state index contributed by atoms with van der Waals surface area (Å²) in [7, 11) is 1.61. The molecule has 1 heterocycles. The lowest BCUT2D eigenvalue weighted by Crippen LogP contribution is -2.57. The van der Waals surface area contributed by atoms with E-state index in [1.807, 2.05) is 24.3 Å². The summed E-state index contributed by atoms with van der Waals surface area (Å²) in [6.45, 7) is 5.36. The molecular weight excluding hydrogens is 270 g/mol. The monoisotopic (exact) mass is 291 g/mol. The van der Waals surface area contributed by atoms with E-state index in [-0.39, 0.29) is 11.9 Å². The average molecular weight is 291 g/mol. The number of rotatable bonds is 3. The summed E-state index contributed by atoms with van der Waals surface area (Å²) in [4.78, 5) is 24.9. The van der Waals surface area contributed by atoms with E-state index in [2.05, 4.69) is 0 Å². The van der Waals surface area contributed by atoms with Gasteiger partial charge in [-0.05, 0) is 44.9 Å². The van der Waals surface area contributed by atoms with Crippen LogP contribution in [0.15, 0.2) is 24.3 Å². The predicted molar refractivity (Wildman–Crippen MR) is 78.2 cm³/mol. The summed E-state index contributed by atoms with van der Waals surface area (Å²) in [5, 5.41) is 0. The summed E-state index contributed by atoms with van der Waals surface area (Å²) in [5.41, 5.74) is 0.458. The second kappa shape index (κ2) is 5.76. The molecule has 1 fully saturated rings. The maximum absolute atomic E-state index is 12.0. The van der Waals surface area contributed by atoms with Crippen molar-refractivity contribution >= 4 is 12.0 Å². The molecule has 1 aromatic rings. The van der Waals surface area contributed by atoms with Gasteiger partial charge in [0.25, 0.3) is 0 Å². The summed E-state index contributed by atoms with van der Waals surface area (Å²) in [6.07, 6.45) is 0.456. The maximum Gasteiger partial charge on any atom is 0.417 e. The van der Waals surface area contributed by atoms with Gasteiger partial charge < -0.3 is 9.47 Å². The molecule has 0 aromatic heterocycles. The number of hydrogen-bond donors (Lipinski definition) is 0. The van der Waals surface area contributed by atoms with Crippen LogP contribution in [0.3, 0.4) is 0 Å². The van der Waals surface area contributed by atoms with Crippen molar-refractivity contribution in [2.45, 2.75) is 45.3 Å². The standard InChI is InChI=1S/C16H21NO4/c1-16(2,3)21-15(19)17-12(10-14(17)18)9-11-5-7-13(20-4)8-6-11/h5-8,12H,9-10H2,1-4H3. The van der Waals surface area contributed by atoms with Crippen LogP contribution < -0.4 is 4.74 Å². The fourth-order valence-corrected chi connectivity index (χ4v) is 2.24. The Morgan fingerprint density at radius 2 is 1.90 bits per heavy atom. The van der Waals surface area contributed by atoms with Crippen LogP contribution in [0.5, 0.6) is 5.75 Å². The van der Waals surface area contributed by atoms with Crippen molar-refractivity contribution in [3.8, 4) is 5.75 Å². The highest BCUT2D eigenvalue weighted by Crippen LogP contribution is 2.26. The highest BCUT2D eigenvalue weighted by molar-refractivity contribution is 5.97. The van der Waals surface area contributed by atoms with Crippen molar-refractivity contribution in [3.05, 3.63) is 29.8 Å². The number of hydrogen-bond acceptors (Lipinski definition) is 4. The first-order chi connectivity index (χ1) is 9.80. The van der Waals surface area contributed by atoms with E-state index >= 15 is 0 Å². The van der Waals surface area contributed by atoms with E-state index in [1.165, 1.54) is 4.90 Å². The third-order valence-electron chi connectivity index (χ3n) is 3.26. The summed E-state index contributed by atoms with van der Waals surface area (Å²) in [6, 6.07) is 7.49. The van der Waals surface area contributed by atoms with E-state index in [4.69, 9.17) is 9.47 Å². The Balaban J connectivity index is 2.00. The third kappa shape index (κ3) is 3.74. The largest absolute Gasteiger partial charge is 0.497 e. The zero-order chi connectivity index (χ0) is 15.6. The molecule has 0 saturated carbocycles. The zero-order valence-corrected chi connectivity index (χ0v) is 12.9. The Morgan fingerprint density at radius 3 is 2.38 bits per heavy atom. The smallest absolute Gasteiger partial charge is 0.417 e. The quantitative estimate of drug-likeness (QED) is 0.804. The summed E-state index contributed by atoms with van der Waals surface area (Å²) in [5.74, 6) is 0.607. The van der Waals surface area contributed by atoms with Gasteiger partial charge in [-0.2, -0.15) is 0 Å². The molecule has 0 aliphatic carbocycles. The number of nitrogens with zero attached hydrogens (tertiary/aromatic N) is 1. The lowest BCUT2D eigenvalue weighted by atomic mass is 9.95. The van der Waals surface area contributed by atoms with E-state index in [0.29, 0.717) is 12.8 Å². The Hall–Kier alpha value is -2.04. The van der Waals surface area contributed by atoms with Crippen molar-refractivity contribution in [2.75, 3.05) is 7.11 Å². The van der Waals surface area contributed by atoms with Crippen molar-refractivity contribution in [3.63, 3.8) is 0 Å². The molecule has 5 nitrogen and oxygen atoms in total. The van der Waals surface area contributed by atoms with Gasteiger partial charge in [0.1, 0.15) is 11.4 Å². The van der Waals surface area contributed by atoms with Gasteiger partial charge in [0.2, 0.25) is 5.91 Å². The number of amides is 2. The molecule has 0 spiro atoms. The molecule has 5 heteroatoms. The zero-order valence-electron chi connectivity index (χ0n) is 12.9. The van der Waals surface area contributed by atoms with Crippen LogP contribution in [-0.2, 0) is 16.0 Å². The van der Waals surface area contributed by atoms with Crippen LogP contribution in [0.2, 0.25) is 0 Å². The van der Waals surface area contributed by atoms with Crippen molar-refractivity contribution < 1.29 is 19.1 Å². The topological polar surface area (TPSA) is 55.8 Å². The molecule has 2 amide bonds. The molecule has 0 radical (unpaired) electrons. The van der Waals surface area contributed by atoms with Gasteiger partial charge in [-0.3, -0.25) is 4.79 Å². The predicted octanol–water partition coefficient (Wildman–Crippen LogP) is 2.77. The van der Waals surface area contributed by atoms with Crippen molar-refractivity contribution in [1.29, 1.82) is 0 Å². The Bertz CT molecular complexity index is 530. The van der Waals surface area contributed by atoms with Gasteiger partial charge in [-0.1, -0.05) is 12.1 Å². The molecule has 21 heavy (non-hydrogen) atoms. The van der Waals surface area contributed by atoms with Crippen molar-refractivity contribution in [1.82, 2.24) is 4.90 Å². The minimum Gasteiger partial charge on any atom is -0.497 e. The van der Waals surface area contributed by atoms with Gasteiger partial charge in [-0.15, -0.1) is 0 Å². The molecule has 1 saturated heterocycles. The number of likely N-dealkylation sites (tertiary alicyclic amines) is 1. The molecule has 1 aliphatic rings. The number of carbonyl (C=O) groups excluding carboxylic acids is 2. The number of benzene rings is 1. The lowest BCUT2D eigenvalue weighted by Gasteiger charge is -2.39. The first-order valence-corrected chi connectivity index (χ1v) is 6.98. The molecular formula is C16H21NO4. The number of ether oxygens (including phenoxy) is 2. The molecule has 1 atom stereocenters. The van der Waals surface area contributed by atoms with Crippen molar-refractivity contribution in [2.24, 2.45) is 0 Å². The normalized spacial score (nSPS) is 18.2. The third-order valence-corrected chi connectivity index (χ3v) is 3.26. The number of β-lactam (4-membered cyclic amide) rings is 1. The van der Waals surface area contributed by atoms with Crippen LogP contribution in [0, 0.1) is 0 Å². The Labute approximate surface area is 124 Å². The van der Waals surface area contributed by atoms with Gasteiger partial charge in [-0.25, -0.2) is 9.69 Å². The molecule has 1 unspecified atom stereocenters. The molecule has 0 N–H and O–H groups in total. The summed E-state index contributed by atoms with van der Waals surface area (Å²) >= 11 is 0.